The highest BCUT2D eigenvalue weighted by molar-refractivity contribution is 8.15. The van der Waals surface area contributed by atoms with Crippen LogP contribution in [0.15, 0.2) is 83.9 Å². The Bertz CT molecular complexity index is 1270. The van der Waals surface area contributed by atoms with Gasteiger partial charge in [0.2, 0.25) is 11.8 Å². The van der Waals surface area contributed by atoms with E-state index in [9.17, 15) is 19.5 Å². The Morgan fingerprint density at radius 1 is 1.06 bits per heavy atom. The van der Waals surface area contributed by atoms with E-state index in [1.165, 1.54) is 23.9 Å². The van der Waals surface area contributed by atoms with Crippen molar-refractivity contribution in [1.29, 1.82) is 0 Å². The molecule has 7 nitrogen and oxygen atoms in total. The summed E-state index contributed by atoms with van der Waals surface area (Å²) in [4.78, 5) is 43.5. The molecule has 3 aromatic carbocycles. The summed E-state index contributed by atoms with van der Waals surface area (Å²) in [6.45, 7) is 0.321. The first kappa shape index (κ1) is 23.5. The molecule has 1 fully saturated rings. The van der Waals surface area contributed by atoms with Gasteiger partial charge in [0, 0.05) is 17.1 Å². The largest absolute Gasteiger partial charge is 0.478 e. The molecular weight excluding hydrogens is 474 g/mol. The molecule has 4 rings (SSSR count). The molecule has 0 bridgehead atoms. The van der Waals surface area contributed by atoms with E-state index in [-0.39, 0.29) is 17.9 Å². The number of carbonyl (C=O) groups excluding carboxylic acids is 2. The Morgan fingerprint density at radius 2 is 1.82 bits per heavy atom. The molecular formula is C25H20ClN3O4S. The lowest BCUT2D eigenvalue weighted by Crippen LogP contribution is -2.44. The second-order valence-electron chi connectivity index (χ2n) is 7.53. The number of carboxylic acids is 1. The summed E-state index contributed by atoms with van der Waals surface area (Å²) < 4.78 is 0. The van der Waals surface area contributed by atoms with E-state index in [4.69, 9.17) is 11.6 Å². The Kier molecular flexibility index (Phi) is 7.30. The predicted octanol–water partition coefficient (Wildman–Crippen LogP) is 5.20. The number of halogens is 1. The summed E-state index contributed by atoms with van der Waals surface area (Å²) in [5.74, 6) is -1.73. The third-order valence-electron chi connectivity index (χ3n) is 5.03. The minimum Gasteiger partial charge on any atom is -0.478 e. The molecule has 34 heavy (non-hydrogen) atoms. The predicted molar refractivity (Wildman–Crippen MR) is 134 cm³/mol. The number of carboxylic acid groups (broad SMARTS) is 1. The minimum atomic E-state index is -1.09. The van der Waals surface area contributed by atoms with Gasteiger partial charge in [-0.15, -0.1) is 0 Å². The van der Waals surface area contributed by atoms with Crippen molar-refractivity contribution in [3.8, 4) is 0 Å². The molecule has 172 valence electrons. The average Bonchev–Trinajstić information content (AvgIpc) is 2.82. The number of hydrogen-bond acceptors (Lipinski definition) is 5. The lowest BCUT2D eigenvalue weighted by atomic mass is 10.1. The summed E-state index contributed by atoms with van der Waals surface area (Å²) in [6.07, 6.45) is -0.0173. The van der Waals surface area contributed by atoms with Crippen LogP contribution in [0.1, 0.15) is 22.3 Å². The third-order valence-corrected chi connectivity index (χ3v) is 6.45. The number of aromatic carboxylic acids is 1. The second-order valence-corrected chi connectivity index (χ2v) is 9.13. The van der Waals surface area contributed by atoms with Crippen molar-refractivity contribution in [2.24, 2.45) is 4.99 Å². The van der Waals surface area contributed by atoms with Gasteiger partial charge in [-0.2, -0.15) is 0 Å². The molecule has 1 atom stereocenters. The van der Waals surface area contributed by atoms with E-state index < -0.39 is 17.1 Å². The van der Waals surface area contributed by atoms with Gasteiger partial charge in [0.25, 0.3) is 0 Å². The Balaban J connectivity index is 1.59. The lowest BCUT2D eigenvalue weighted by molar-refractivity contribution is -0.129. The smallest absolute Gasteiger partial charge is 0.335 e. The molecule has 0 aliphatic carbocycles. The fraction of sp³-hybridized carbons (Fsp3) is 0.120. The fourth-order valence-electron chi connectivity index (χ4n) is 3.37. The molecule has 2 amide bonds. The Hall–Kier alpha value is -3.62. The van der Waals surface area contributed by atoms with Crippen LogP contribution in [-0.2, 0) is 16.1 Å². The maximum Gasteiger partial charge on any atom is 0.335 e. The van der Waals surface area contributed by atoms with Crippen LogP contribution in [0, 0.1) is 0 Å². The highest BCUT2D eigenvalue weighted by Crippen LogP contribution is 2.31. The number of hydrogen-bond donors (Lipinski definition) is 2. The number of aliphatic imine (C=N–C) groups is 1. The molecule has 0 saturated carbocycles. The third kappa shape index (κ3) is 5.84. The molecule has 1 unspecified atom stereocenters. The highest BCUT2D eigenvalue weighted by Gasteiger charge is 2.36. The first-order valence-corrected chi connectivity index (χ1v) is 11.6. The van der Waals surface area contributed by atoms with Crippen molar-refractivity contribution < 1.29 is 19.5 Å². The number of carbonyl (C=O) groups is 3. The maximum absolute atomic E-state index is 13.1. The Morgan fingerprint density at radius 3 is 2.56 bits per heavy atom. The highest BCUT2D eigenvalue weighted by atomic mass is 35.5. The number of benzene rings is 3. The standard InChI is InChI=1S/C25H20ClN3O4S/c26-18-9-5-11-20(13-18)28-25-29(15-16-6-2-1-3-7-16)22(30)14-21(34-25)23(31)27-19-10-4-8-17(12-19)24(32)33/h1-13,21H,14-15H2,(H,27,31)(H,32,33). The molecule has 9 heteroatoms. The molecule has 0 aromatic heterocycles. The first-order valence-electron chi connectivity index (χ1n) is 10.4. The van der Waals surface area contributed by atoms with Crippen LogP contribution in [0.4, 0.5) is 11.4 Å². The molecule has 1 heterocycles. The van der Waals surface area contributed by atoms with Gasteiger partial charge in [-0.05, 0) is 42.0 Å². The SMILES string of the molecule is O=C(O)c1cccc(NC(=O)C2CC(=O)N(Cc3ccccc3)C(=Nc3cccc(Cl)c3)S2)c1. The molecule has 0 radical (unpaired) electrons. The summed E-state index contributed by atoms with van der Waals surface area (Å²) >= 11 is 7.28. The van der Waals surface area contributed by atoms with Gasteiger partial charge in [0.05, 0.1) is 17.8 Å². The lowest BCUT2D eigenvalue weighted by Gasteiger charge is -2.32. The molecule has 0 spiro atoms. The summed E-state index contributed by atoms with van der Waals surface area (Å²) in [5.41, 5.74) is 1.90. The van der Waals surface area contributed by atoms with Gasteiger partial charge >= 0.3 is 5.97 Å². The number of amidine groups is 1. The van der Waals surface area contributed by atoms with Gasteiger partial charge in [0.1, 0.15) is 5.25 Å². The van der Waals surface area contributed by atoms with E-state index in [0.717, 1.165) is 5.56 Å². The van der Waals surface area contributed by atoms with Crippen LogP contribution < -0.4 is 5.32 Å². The van der Waals surface area contributed by atoms with Crippen LogP contribution in [0.5, 0.6) is 0 Å². The average molecular weight is 494 g/mol. The van der Waals surface area contributed by atoms with Crippen LogP contribution in [0.2, 0.25) is 5.02 Å². The Labute approximate surface area is 205 Å². The quantitative estimate of drug-likeness (QED) is 0.491. The van der Waals surface area contributed by atoms with Gasteiger partial charge in [-0.25, -0.2) is 9.79 Å². The van der Waals surface area contributed by atoms with E-state index in [0.29, 0.717) is 28.1 Å². The summed E-state index contributed by atoms with van der Waals surface area (Å²) in [5, 5.41) is 12.1. The topological polar surface area (TPSA) is 99.1 Å². The first-order chi connectivity index (χ1) is 16.4. The van der Waals surface area contributed by atoms with Crippen molar-refractivity contribution in [3.05, 3.63) is 95.0 Å². The van der Waals surface area contributed by atoms with Crippen LogP contribution in [0.25, 0.3) is 0 Å². The van der Waals surface area contributed by atoms with Crippen LogP contribution in [-0.4, -0.2) is 38.2 Å². The fourth-order valence-corrected chi connectivity index (χ4v) is 4.65. The number of rotatable bonds is 6. The number of anilines is 1. The number of amides is 2. The van der Waals surface area contributed by atoms with Gasteiger partial charge in [-0.3, -0.25) is 14.5 Å². The zero-order valence-corrected chi connectivity index (χ0v) is 19.4. The zero-order chi connectivity index (χ0) is 24.1. The van der Waals surface area contributed by atoms with E-state index in [2.05, 4.69) is 10.3 Å². The zero-order valence-electron chi connectivity index (χ0n) is 17.8. The monoisotopic (exact) mass is 493 g/mol. The summed E-state index contributed by atoms with van der Waals surface area (Å²) in [6, 6.07) is 22.4. The van der Waals surface area contributed by atoms with Gasteiger partial charge in [0.15, 0.2) is 5.17 Å². The number of nitrogens with one attached hydrogen (secondary N) is 1. The van der Waals surface area contributed by atoms with Crippen molar-refractivity contribution in [3.63, 3.8) is 0 Å². The van der Waals surface area contributed by atoms with Crippen molar-refractivity contribution in [2.45, 2.75) is 18.2 Å². The maximum atomic E-state index is 13.1. The molecule has 2 N–H and O–H groups in total. The van der Waals surface area contributed by atoms with Crippen molar-refractivity contribution >= 4 is 57.7 Å². The van der Waals surface area contributed by atoms with Gasteiger partial charge < -0.3 is 10.4 Å². The van der Waals surface area contributed by atoms with Crippen molar-refractivity contribution in [2.75, 3.05) is 5.32 Å². The van der Waals surface area contributed by atoms with Crippen LogP contribution >= 0.6 is 23.4 Å². The van der Waals surface area contributed by atoms with Gasteiger partial charge in [-0.1, -0.05) is 65.8 Å². The molecule has 3 aromatic rings. The summed E-state index contributed by atoms with van der Waals surface area (Å²) in [7, 11) is 0. The number of nitrogens with zero attached hydrogens (tertiary/aromatic N) is 2. The second kappa shape index (κ2) is 10.5. The van der Waals surface area contributed by atoms with E-state index in [1.807, 2.05) is 30.3 Å². The molecule has 1 saturated heterocycles. The van der Waals surface area contributed by atoms with Crippen LogP contribution in [0.3, 0.4) is 0 Å². The molecule has 1 aliphatic heterocycles. The normalized spacial score (nSPS) is 17.0. The number of thioether (sulfide) groups is 1. The molecule has 1 aliphatic rings. The minimum absolute atomic E-state index is 0.0173. The van der Waals surface area contributed by atoms with E-state index >= 15 is 0 Å². The van der Waals surface area contributed by atoms with Crippen molar-refractivity contribution in [1.82, 2.24) is 4.90 Å². The van der Waals surface area contributed by atoms with E-state index in [1.54, 1.807) is 41.3 Å².